The maximum Gasteiger partial charge on any atom is 0.253 e. The molecule has 2 amide bonds. The van der Waals surface area contributed by atoms with E-state index >= 15 is 0 Å². The van der Waals surface area contributed by atoms with Gasteiger partial charge in [-0.1, -0.05) is 23.7 Å². The molecule has 0 atom stereocenters. The zero-order valence-corrected chi connectivity index (χ0v) is 17.3. The number of rotatable bonds is 3. The van der Waals surface area contributed by atoms with Crippen molar-refractivity contribution in [3.05, 3.63) is 64.7 Å². The Morgan fingerprint density at radius 3 is 2.21 bits per heavy atom. The van der Waals surface area contributed by atoms with Crippen LogP contribution in [-0.2, 0) is 0 Å². The minimum Gasteiger partial charge on any atom is -0.368 e. The maximum atomic E-state index is 12.9. The number of nitrogens with zero attached hydrogens (tertiary/aromatic N) is 2. The molecular weight excluding hydrogens is 374 g/mol. The van der Waals surface area contributed by atoms with Gasteiger partial charge in [0.15, 0.2) is 0 Å². The van der Waals surface area contributed by atoms with Gasteiger partial charge in [-0.3, -0.25) is 9.59 Å². The SMILES string of the molecule is CC(C)(C)NC(=O)c1cccc(C(=O)N2CCN(c3cccc(Cl)c3)CC2)c1. The summed E-state index contributed by atoms with van der Waals surface area (Å²) in [6.45, 7) is 8.54. The molecule has 0 radical (unpaired) electrons. The lowest BCUT2D eigenvalue weighted by atomic mass is 10.1. The molecule has 3 rings (SSSR count). The number of nitrogens with one attached hydrogen (secondary N) is 1. The fraction of sp³-hybridized carbons (Fsp3) is 0.364. The third kappa shape index (κ3) is 5.04. The molecule has 1 aliphatic rings. The zero-order valence-electron chi connectivity index (χ0n) is 16.5. The highest BCUT2D eigenvalue weighted by Gasteiger charge is 2.23. The molecule has 2 aromatic carbocycles. The second-order valence-corrected chi connectivity index (χ2v) is 8.48. The van der Waals surface area contributed by atoms with Gasteiger partial charge in [-0.2, -0.15) is 0 Å². The molecular formula is C22H26ClN3O2. The molecule has 28 heavy (non-hydrogen) atoms. The second-order valence-electron chi connectivity index (χ2n) is 8.04. The summed E-state index contributed by atoms with van der Waals surface area (Å²) in [5.41, 5.74) is 1.78. The van der Waals surface area contributed by atoms with E-state index in [-0.39, 0.29) is 17.4 Å². The molecule has 0 aliphatic carbocycles. The van der Waals surface area contributed by atoms with Crippen molar-refractivity contribution >= 4 is 29.1 Å². The van der Waals surface area contributed by atoms with Crippen molar-refractivity contribution in [1.82, 2.24) is 10.2 Å². The normalized spacial score (nSPS) is 14.7. The zero-order chi connectivity index (χ0) is 20.3. The van der Waals surface area contributed by atoms with E-state index < -0.39 is 0 Å². The van der Waals surface area contributed by atoms with Crippen molar-refractivity contribution in [3.63, 3.8) is 0 Å². The van der Waals surface area contributed by atoms with Gasteiger partial charge in [-0.05, 0) is 57.2 Å². The summed E-state index contributed by atoms with van der Waals surface area (Å²) in [5, 5.41) is 3.64. The van der Waals surface area contributed by atoms with Crippen molar-refractivity contribution in [2.75, 3.05) is 31.1 Å². The Bertz CT molecular complexity index is 868. The Balaban J connectivity index is 1.65. The molecule has 6 heteroatoms. The van der Waals surface area contributed by atoms with Crippen molar-refractivity contribution in [1.29, 1.82) is 0 Å². The number of piperazine rings is 1. The summed E-state index contributed by atoms with van der Waals surface area (Å²) < 4.78 is 0. The summed E-state index contributed by atoms with van der Waals surface area (Å²) in [6, 6.07) is 14.7. The average molecular weight is 400 g/mol. The quantitative estimate of drug-likeness (QED) is 0.853. The van der Waals surface area contributed by atoms with Crippen molar-refractivity contribution in [2.24, 2.45) is 0 Å². The average Bonchev–Trinajstić information content (AvgIpc) is 2.66. The van der Waals surface area contributed by atoms with Gasteiger partial charge in [0, 0.05) is 53.6 Å². The van der Waals surface area contributed by atoms with Crippen LogP contribution in [0.25, 0.3) is 0 Å². The molecule has 0 unspecified atom stereocenters. The molecule has 0 bridgehead atoms. The van der Waals surface area contributed by atoms with E-state index in [4.69, 9.17) is 11.6 Å². The second kappa shape index (κ2) is 8.23. The standard InChI is InChI=1S/C22H26ClN3O2/c1-22(2,3)24-20(27)16-6-4-7-17(14-16)21(28)26-12-10-25(11-13-26)19-9-5-8-18(23)15-19/h4-9,14-15H,10-13H2,1-3H3,(H,24,27). The number of benzene rings is 2. The van der Waals surface area contributed by atoms with Crippen LogP contribution in [0, 0.1) is 0 Å². The van der Waals surface area contributed by atoms with Crippen LogP contribution in [0.5, 0.6) is 0 Å². The van der Waals surface area contributed by atoms with Crippen LogP contribution in [0.1, 0.15) is 41.5 Å². The van der Waals surface area contributed by atoms with Crippen LogP contribution in [-0.4, -0.2) is 48.4 Å². The number of hydrogen-bond donors (Lipinski definition) is 1. The first kappa shape index (κ1) is 20.2. The van der Waals surface area contributed by atoms with Gasteiger partial charge < -0.3 is 15.1 Å². The number of carbonyl (C=O) groups is 2. The first-order valence-electron chi connectivity index (χ1n) is 9.45. The van der Waals surface area contributed by atoms with E-state index in [0.717, 1.165) is 18.8 Å². The first-order valence-corrected chi connectivity index (χ1v) is 9.83. The van der Waals surface area contributed by atoms with Gasteiger partial charge in [-0.15, -0.1) is 0 Å². The minimum atomic E-state index is -0.326. The summed E-state index contributed by atoms with van der Waals surface area (Å²) in [5.74, 6) is -0.218. The van der Waals surface area contributed by atoms with Crippen LogP contribution in [0.2, 0.25) is 5.02 Å². The number of amides is 2. The molecule has 1 N–H and O–H groups in total. The van der Waals surface area contributed by atoms with Gasteiger partial charge in [0.1, 0.15) is 0 Å². The number of hydrogen-bond acceptors (Lipinski definition) is 3. The summed E-state index contributed by atoms with van der Waals surface area (Å²) >= 11 is 6.08. The lowest BCUT2D eigenvalue weighted by Gasteiger charge is -2.36. The Hall–Kier alpha value is -2.53. The van der Waals surface area contributed by atoms with Gasteiger partial charge in [0.05, 0.1) is 0 Å². The molecule has 148 valence electrons. The number of carbonyl (C=O) groups excluding carboxylic acids is 2. The van der Waals surface area contributed by atoms with Crippen LogP contribution in [0.3, 0.4) is 0 Å². The Morgan fingerprint density at radius 1 is 0.929 bits per heavy atom. The fourth-order valence-corrected chi connectivity index (χ4v) is 3.41. The predicted octanol–water partition coefficient (Wildman–Crippen LogP) is 3.83. The Morgan fingerprint density at radius 2 is 1.57 bits per heavy atom. The molecule has 5 nitrogen and oxygen atoms in total. The van der Waals surface area contributed by atoms with Crippen LogP contribution < -0.4 is 10.2 Å². The molecule has 0 spiro atoms. The summed E-state index contributed by atoms with van der Waals surface area (Å²) in [4.78, 5) is 29.4. The maximum absolute atomic E-state index is 12.9. The van der Waals surface area contributed by atoms with Gasteiger partial charge in [0.2, 0.25) is 0 Å². The largest absolute Gasteiger partial charge is 0.368 e. The summed E-state index contributed by atoms with van der Waals surface area (Å²) in [7, 11) is 0. The predicted molar refractivity (Wildman–Crippen MR) is 113 cm³/mol. The van der Waals surface area contributed by atoms with Gasteiger partial charge in [0.25, 0.3) is 11.8 Å². The van der Waals surface area contributed by atoms with Crippen LogP contribution >= 0.6 is 11.6 Å². The first-order chi connectivity index (χ1) is 13.2. The van der Waals surface area contributed by atoms with Crippen molar-refractivity contribution < 1.29 is 9.59 Å². The van der Waals surface area contributed by atoms with Crippen LogP contribution in [0.4, 0.5) is 5.69 Å². The van der Waals surface area contributed by atoms with E-state index in [2.05, 4.69) is 10.2 Å². The van der Waals surface area contributed by atoms with Crippen LogP contribution in [0.15, 0.2) is 48.5 Å². The summed E-state index contributed by atoms with van der Waals surface area (Å²) in [6.07, 6.45) is 0. The topological polar surface area (TPSA) is 52.7 Å². The van der Waals surface area contributed by atoms with E-state index in [1.807, 2.05) is 49.9 Å². The highest BCUT2D eigenvalue weighted by atomic mass is 35.5. The van der Waals surface area contributed by atoms with E-state index in [1.54, 1.807) is 24.3 Å². The minimum absolute atomic E-state index is 0.0452. The van der Waals surface area contributed by atoms with Gasteiger partial charge >= 0.3 is 0 Å². The van der Waals surface area contributed by atoms with E-state index in [9.17, 15) is 9.59 Å². The highest BCUT2D eigenvalue weighted by Crippen LogP contribution is 2.21. The van der Waals surface area contributed by atoms with E-state index in [0.29, 0.717) is 29.2 Å². The third-order valence-electron chi connectivity index (χ3n) is 4.60. The monoisotopic (exact) mass is 399 g/mol. The Labute approximate surface area is 171 Å². The smallest absolute Gasteiger partial charge is 0.253 e. The molecule has 1 aliphatic heterocycles. The fourth-order valence-electron chi connectivity index (χ4n) is 3.23. The Kier molecular flexibility index (Phi) is 5.94. The van der Waals surface area contributed by atoms with E-state index in [1.165, 1.54) is 0 Å². The third-order valence-corrected chi connectivity index (χ3v) is 4.84. The highest BCUT2D eigenvalue weighted by molar-refractivity contribution is 6.30. The molecule has 1 fully saturated rings. The number of anilines is 1. The molecule has 0 saturated carbocycles. The molecule has 0 aromatic heterocycles. The van der Waals surface area contributed by atoms with Crippen molar-refractivity contribution in [3.8, 4) is 0 Å². The lowest BCUT2D eigenvalue weighted by Crippen LogP contribution is -2.48. The lowest BCUT2D eigenvalue weighted by molar-refractivity contribution is 0.0747. The molecule has 1 saturated heterocycles. The van der Waals surface area contributed by atoms with Gasteiger partial charge in [-0.25, -0.2) is 0 Å². The number of halogens is 1. The molecule has 2 aromatic rings. The molecule has 1 heterocycles. The van der Waals surface area contributed by atoms with Crippen molar-refractivity contribution in [2.45, 2.75) is 26.3 Å².